The van der Waals surface area contributed by atoms with Crippen molar-refractivity contribution in [3.8, 4) is 11.4 Å². The van der Waals surface area contributed by atoms with Crippen molar-refractivity contribution in [3.05, 3.63) is 52.3 Å². The molecule has 0 aliphatic rings. The normalized spacial score (nSPS) is 10.9. The number of ether oxygens (including phenoxy) is 1. The SMILES string of the molecule is CCOC(=O)c1c(C)[nH]c(C)c1C(=O)CSc1n[nH]c(-c2ccc(CC)cc2)n1. The summed E-state index contributed by atoms with van der Waals surface area (Å²) in [4.78, 5) is 32.6. The number of carbonyl (C=O) groups is 2. The molecule has 3 rings (SSSR count). The zero-order valence-electron chi connectivity index (χ0n) is 17.0. The molecule has 2 aromatic heterocycles. The van der Waals surface area contributed by atoms with Gasteiger partial charge in [-0.15, -0.1) is 5.10 Å². The van der Waals surface area contributed by atoms with Crippen LogP contribution in [-0.4, -0.2) is 44.3 Å². The van der Waals surface area contributed by atoms with Crippen molar-refractivity contribution in [2.75, 3.05) is 12.4 Å². The van der Waals surface area contributed by atoms with Crippen LogP contribution in [0, 0.1) is 13.8 Å². The minimum Gasteiger partial charge on any atom is -0.462 e. The van der Waals surface area contributed by atoms with Gasteiger partial charge in [-0.25, -0.2) is 9.78 Å². The molecule has 0 bridgehead atoms. The predicted molar refractivity (Wildman–Crippen MR) is 112 cm³/mol. The van der Waals surface area contributed by atoms with E-state index in [-0.39, 0.29) is 18.1 Å². The number of aromatic amines is 2. The Balaban J connectivity index is 1.72. The molecule has 0 spiro atoms. The van der Waals surface area contributed by atoms with Crippen LogP contribution in [0.25, 0.3) is 11.4 Å². The van der Waals surface area contributed by atoms with E-state index in [1.165, 1.54) is 17.3 Å². The van der Waals surface area contributed by atoms with E-state index in [2.05, 4.69) is 39.2 Å². The standard InChI is InChI=1S/C21H24N4O3S/c1-5-14-7-9-15(10-8-14)19-23-21(25-24-19)29-11-16(26)17-12(3)22-13(4)18(17)20(27)28-6-2/h7-10,22H,5-6,11H2,1-4H3,(H,23,24,25). The fraction of sp³-hybridized carbons (Fsp3) is 0.333. The molecule has 2 N–H and O–H groups in total. The molecular formula is C21H24N4O3S. The third-order valence-electron chi connectivity index (χ3n) is 4.57. The second-order valence-electron chi connectivity index (χ2n) is 6.57. The summed E-state index contributed by atoms with van der Waals surface area (Å²) in [5.41, 5.74) is 4.16. The number of ketones is 1. The van der Waals surface area contributed by atoms with E-state index in [1.54, 1.807) is 20.8 Å². The van der Waals surface area contributed by atoms with Crippen LogP contribution in [0.3, 0.4) is 0 Å². The highest BCUT2D eigenvalue weighted by molar-refractivity contribution is 7.99. The van der Waals surface area contributed by atoms with Crippen molar-refractivity contribution in [2.24, 2.45) is 0 Å². The molecule has 29 heavy (non-hydrogen) atoms. The first-order valence-electron chi connectivity index (χ1n) is 9.48. The van der Waals surface area contributed by atoms with Gasteiger partial charge in [0.1, 0.15) is 0 Å². The molecule has 0 atom stereocenters. The van der Waals surface area contributed by atoms with Crippen LogP contribution in [0.2, 0.25) is 0 Å². The van der Waals surface area contributed by atoms with Gasteiger partial charge in [0.25, 0.3) is 0 Å². The first kappa shape index (κ1) is 20.9. The van der Waals surface area contributed by atoms with Crippen molar-refractivity contribution in [2.45, 2.75) is 39.3 Å². The largest absolute Gasteiger partial charge is 0.462 e. The summed E-state index contributed by atoms with van der Waals surface area (Å²) >= 11 is 1.23. The molecule has 0 amide bonds. The van der Waals surface area contributed by atoms with Crippen LogP contribution >= 0.6 is 11.8 Å². The van der Waals surface area contributed by atoms with Gasteiger partial charge in [-0.05, 0) is 32.8 Å². The fourth-order valence-electron chi connectivity index (χ4n) is 3.13. The average Bonchev–Trinajstić information content (AvgIpc) is 3.30. The van der Waals surface area contributed by atoms with Crippen molar-refractivity contribution in [3.63, 3.8) is 0 Å². The van der Waals surface area contributed by atoms with Crippen LogP contribution in [0.1, 0.15) is 51.5 Å². The zero-order chi connectivity index (χ0) is 21.0. The van der Waals surface area contributed by atoms with E-state index in [9.17, 15) is 9.59 Å². The number of hydrogen-bond acceptors (Lipinski definition) is 6. The average molecular weight is 413 g/mol. The van der Waals surface area contributed by atoms with Crippen molar-refractivity contribution >= 4 is 23.5 Å². The minimum atomic E-state index is -0.488. The Morgan fingerprint density at radius 1 is 1.07 bits per heavy atom. The number of aryl methyl sites for hydroxylation is 3. The number of carbonyl (C=O) groups excluding carboxylic acids is 2. The van der Waals surface area contributed by atoms with Gasteiger partial charge in [0.15, 0.2) is 11.6 Å². The summed E-state index contributed by atoms with van der Waals surface area (Å²) in [5, 5.41) is 7.58. The molecule has 8 heteroatoms. The molecule has 2 heterocycles. The topological polar surface area (TPSA) is 101 Å². The maximum atomic E-state index is 12.8. The summed E-state index contributed by atoms with van der Waals surface area (Å²) in [6.45, 7) is 7.63. The van der Waals surface area contributed by atoms with Gasteiger partial charge in [0.2, 0.25) is 5.16 Å². The fourth-order valence-corrected chi connectivity index (χ4v) is 3.80. The van der Waals surface area contributed by atoms with E-state index in [1.807, 2.05) is 12.1 Å². The molecule has 0 aliphatic heterocycles. The molecular weight excluding hydrogens is 388 g/mol. The number of rotatable bonds is 8. The lowest BCUT2D eigenvalue weighted by Gasteiger charge is -2.05. The second-order valence-corrected chi connectivity index (χ2v) is 7.52. The molecule has 7 nitrogen and oxygen atoms in total. The van der Waals surface area contributed by atoms with E-state index in [4.69, 9.17) is 4.74 Å². The molecule has 3 aromatic rings. The first-order chi connectivity index (χ1) is 13.9. The number of H-pyrrole nitrogens is 2. The number of benzene rings is 1. The highest BCUT2D eigenvalue weighted by Crippen LogP contribution is 2.24. The van der Waals surface area contributed by atoms with E-state index >= 15 is 0 Å². The first-order valence-corrected chi connectivity index (χ1v) is 10.5. The van der Waals surface area contributed by atoms with Crippen molar-refractivity contribution < 1.29 is 14.3 Å². The number of hydrogen-bond donors (Lipinski definition) is 2. The van der Waals surface area contributed by atoms with Crippen LogP contribution in [0.4, 0.5) is 0 Å². The summed E-state index contributed by atoms with van der Waals surface area (Å²) in [7, 11) is 0. The lowest BCUT2D eigenvalue weighted by atomic mass is 10.1. The zero-order valence-corrected chi connectivity index (χ0v) is 17.8. The monoisotopic (exact) mass is 412 g/mol. The highest BCUT2D eigenvalue weighted by atomic mass is 32.2. The number of thioether (sulfide) groups is 1. The van der Waals surface area contributed by atoms with Gasteiger partial charge >= 0.3 is 5.97 Å². The van der Waals surface area contributed by atoms with Gasteiger partial charge in [-0.1, -0.05) is 43.0 Å². The molecule has 152 valence electrons. The van der Waals surface area contributed by atoms with Crippen LogP contribution < -0.4 is 0 Å². The highest BCUT2D eigenvalue weighted by Gasteiger charge is 2.25. The van der Waals surface area contributed by atoms with Crippen molar-refractivity contribution in [1.82, 2.24) is 20.2 Å². The maximum Gasteiger partial charge on any atom is 0.340 e. The molecule has 0 fully saturated rings. The van der Waals surface area contributed by atoms with E-state index in [0.717, 1.165) is 12.0 Å². The molecule has 0 aliphatic carbocycles. The predicted octanol–water partition coefficient (Wildman–Crippen LogP) is 4.13. The molecule has 0 radical (unpaired) electrons. The Kier molecular flexibility index (Phi) is 6.53. The third-order valence-corrected chi connectivity index (χ3v) is 5.41. The van der Waals surface area contributed by atoms with Crippen LogP contribution in [0.5, 0.6) is 0 Å². The Hall–Kier alpha value is -2.87. The van der Waals surface area contributed by atoms with Gasteiger partial charge in [0.05, 0.1) is 23.5 Å². The second kappa shape index (κ2) is 9.09. The Morgan fingerprint density at radius 3 is 2.41 bits per heavy atom. The summed E-state index contributed by atoms with van der Waals surface area (Å²) in [6.07, 6.45) is 0.978. The number of aromatic nitrogens is 4. The Morgan fingerprint density at radius 2 is 1.76 bits per heavy atom. The van der Waals surface area contributed by atoms with Gasteiger partial charge < -0.3 is 9.72 Å². The molecule has 1 aromatic carbocycles. The Labute approximate surface area is 173 Å². The molecule has 0 saturated carbocycles. The van der Waals surface area contributed by atoms with Gasteiger partial charge in [-0.3, -0.25) is 9.89 Å². The van der Waals surface area contributed by atoms with Crippen molar-refractivity contribution in [1.29, 1.82) is 0 Å². The maximum absolute atomic E-state index is 12.8. The molecule has 0 saturated heterocycles. The van der Waals surface area contributed by atoms with Crippen LogP contribution in [0.15, 0.2) is 29.4 Å². The van der Waals surface area contributed by atoms with Crippen LogP contribution in [-0.2, 0) is 11.2 Å². The smallest absolute Gasteiger partial charge is 0.340 e. The van der Waals surface area contributed by atoms with E-state index < -0.39 is 5.97 Å². The third kappa shape index (κ3) is 4.59. The Bertz CT molecular complexity index is 1020. The number of Topliss-reactive ketones (excluding diaryl/α,β-unsaturated/α-hetero) is 1. The van der Waals surface area contributed by atoms with Gasteiger partial charge in [0, 0.05) is 17.0 Å². The van der Waals surface area contributed by atoms with Gasteiger partial charge in [-0.2, -0.15) is 0 Å². The number of nitrogens with zero attached hydrogens (tertiary/aromatic N) is 2. The summed E-state index contributed by atoms with van der Waals surface area (Å²) in [5.74, 6) is 0.122. The minimum absolute atomic E-state index is 0.122. The lowest BCUT2D eigenvalue weighted by molar-refractivity contribution is 0.0522. The number of esters is 1. The van der Waals surface area contributed by atoms with E-state index in [0.29, 0.717) is 33.5 Å². The lowest BCUT2D eigenvalue weighted by Crippen LogP contribution is -2.13. The quantitative estimate of drug-likeness (QED) is 0.328. The summed E-state index contributed by atoms with van der Waals surface area (Å²) in [6, 6.07) is 8.11. The molecule has 0 unspecified atom stereocenters. The number of nitrogens with one attached hydrogen (secondary N) is 2. The summed E-state index contributed by atoms with van der Waals surface area (Å²) < 4.78 is 5.10.